The summed E-state index contributed by atoms with van der Waals surface area (Å²) in [5.41, 5.74) is 0.376. The van der Waals surface area contributed by atoms with Gasteiger partial charge in [-0.25, -0.2) is 0 Å². The van der Waals surface area contributed by atoms with Gasteiger partial charge in [-0.15, -0.1) is 6.58 Å². The van der Waals surface area contributed by atoms with Crippen molar-refractivity contribution in [1.82, 2.24) is 10.2 Å². The molecule has 0 bridgehead atoms. The Kier molecular flexibility index (Phi) is 8.58. The lowest BCUT2D eigenvalue weighted by Crippen LogP contribution is -2.60. The molecule has 1 N–H and O–H groups in total. The van der Waals surface area contributed by atoms with E-state index in [0.29, 0.717) is 11.6 Å². The summed E-state index contributed by atoms with van der Waals surface area (Å²) >= 11 is 0. The molecule has 1 saturated carbocycles. The third-order valence-corrected chi connectivity index (χ3v) is 5.53. The van der Waals surface area contributed by atoms with Gasteiger partial charge in [0.15, 0.2) is 0 Å². The minimum atomic E-state index is 0.376. The lowest BCUT2D eigenvalue weighted by molar-refractivity contribution is 0.0400. The van der Waals surface area contributed by atoms with E-state index in [1.807, 2.05) is 6.08 Å². The molecule has 1 fully saturated rings. The van der Waals surface area contributed by atoms with Crippen molar-refractivity contribution < 1.29 is 0 Å². The number of rotatable bonds is 10. The van der Waals surface area contributed by atoms with Gasteiger partial charge in [0.2, 0.25) is 0 Å². The number of unbranched alkanes of at least 4 members (excludes halogenated alkanes) is 3. The standard InChI is InChI=1S/C19H38N2/c1-6-8-9-10-11-12-18(20-7-2)19(21(4)5)15-13-17(3)14-16-19/h6,17-18,20H,1,7-16H2,2-5H3. The molecular weight excluding hydrogens is 256 g/mol. The molecule has 1 atom stereocenters. The van der Waals surface area contributed by atoms with Crippen molar-refractivity contribution in [2.45, 2.75) is 83.2 Å². The SMILES string of the molecule is C=CCCCCCC(NCC)C1(N(C)C)CCC(C)CC1. The van der Waals surface area contributed by atoms with E-state index in [9.17, 15) is 0 Å². The molecule has 0 aromatic carbocycles. The van der Waals surface area contributed by atoms with E-state index in [1.54, 1.807) is 0 Å². The van der Waals surface area contributed by atoms with Crippen molar-refractivity contribution >= 4 is 0 Å². The van der Waals surface area contributed by atoms with Gasteiger partial charge in [0.1, 0.15) is 0 Å². The maximum Gasteiger partial charge on any atom is 0.0356 e. The Balaban J connectivity index is 2.62. The summed E-state index contributed by atoms with van der Waals surface area (Å²) in [7, 11) is 4.58. The van der Waals surface area contributed by atoms with Crippen molar-refractivity contribution in [1.29, 1.82) is 0 Å². The predicted molar refractivity (Wildman–Crippen MR) is 94.8 cm³/mol. The minimum Gasteiger partial charge on any atom is -0.312 e. The molecule has 0 aromatic heterocycles. The fourth-order valence-electron chi connectivity index (χ4n) is 3.99. The lowest BCUT2D eigenvalue weighted by atomic mass is 9.71. The summed E-state index contributed by atoms with van der Waals surface area (Å²) in [6.07, 6.45) is 14.0. The van der Waals surface area contributed by atoms with Gasteiger partial charge >= 0.3 is 0 Å². The zero-order chi connectivity index (χ0) is 15.7. The highest BCUT2D eigenvalue weighted by atomic mass is 15.2. The average molecular weight is 295 g/mol. The van der Waals surface area contributed by atoms with Crippen LogP contribution in [-0.4, -0.2) is 37.1 Å². The highest BCUT2D eigenvalue weighted by molar-refractivity contribution is 5.01. The Morgan fingerprint density at radius 3 is 2.43 bits per heavy atom. The molecule has 1 aliphatic rings. The Morgan fingerprint density at radius 1 is 1.24 bits per heavy atom. The van der Waals surface area contributed by atoms with Crippen molar-refractivity contribution in [3.63, 3.8) is 0 Å². The Bertz CT molecular complexity index is 277. The van der Waals surface area contributed by atoms with Crippen LogP contribution in [0.2, 0.25) is 0 Å². The predicted octanol–water partition coefficient (Wildman–Crippen LogP) is 4.61. The summed E-state index contributed by atoms with van der Waals surface area (Å²) in [6, 6.07) is 0.647. The topological polar surface area (TPSA) is 15.3 Å². The summed E-state index contributed by atoms with van der Waals surface area (Å²) in [5.74, 6) is 0.910. The first-order chi connectivity index (χ1) is 10.1. The van der Waals surface area contributed by atoms with Gasteiger partial charge in [0, 0.05) is 11.6 Å². The van der Waals surface area contributed by atoms with Gasteiger partial charge in [-0.05, 0) is 71.5 Å². The van der Waals surface area contributed by atoms with Gasteiger partial charge in [-0.3, -0.25) is 0 Å². The average Bonchev–Trinajstić information content (AvgIpc) is 2.47. The third kappa shape index (κ3) is 5.41. The quantitative estimate of drug-likeness (QED) is 0.467. The van der Waals surface area contributed by atoms with E-state index in [2.05, 4.69) is 44.7 Å². The van der Waals surface area contributed by atoms with Gasteiger partial charge in [0.05, 0.1) is 0 Å². The molecule has 0 aromatic rings. The number of nitrogens with one attached hydrogen (secondary N) is 1. The largest absolute Gasteiger partial charge is 0.312 e. The Morgan fingerprint density at radius 2 is 1.90 bits per heavy atom. The maximum absolute atomic E-state index is 3.82. The molecule has 1 aliphatic carbocycles. The molecule has 1 rings (SSSR count). The van der Waals surface area contributed by atoms with Crippen molar-refractivity contribution in [3.8, 4) is 0 Å². The molecule has 0 spiro atoms. The Hall–Kier alpha value is -0.340. The number of hydrogen-bond donors (Lipinski definition) is 1. The van der Waals surface area contributed by atoms with Crippen LogP contribution < -0.4 is 5.32 Å². The first kappa shape index (κ1) is 18.7. The van der Waals surface area contributed by atoms with E-state index in [1.165, 1.54) is 57.8 Å². The second kappa shape index (κ2) is 9.63. The zero-order valence-electron chi connectivity index (χ0n) is 15.0. The summed E-state index contributed by atoms with van der Waals surface area (Å²) in [6.45, 7) is 9.57. The molecule has 0 heterocycles. The van der Waals surface area contributed by atoms with E-state index >= 15 is 0 Å². The molecular formula is C19H38N2. The van der Waals surface area contributed by atoms with Gasteiger partial charge < -0.3 is 10.2 Å². The number of allylic oxidation sites excluding steroid dienone is 1. The third-order valence-electron chi connectivity index (χ3n) is 5.53. The van der Waals surface area contributed by atoms with Crippen LogP contribution in [0.4, 0.5) is 0 Å². The minimum absolute atomic E-state index is 0.376. The molecule has 2 nitrogen and oxygen atoms in total. The van der Waals surface area contributed by atoms with E-state index in [0.717, 1.165) is 12.5 Å². The lowest BCUT2D eigenvalue weighted by Gasteiger charge is -2.50. The fraction of sp³-hybridized carbons (Fsp3) is 0.895. The van der Waals surface area contributed by atoms with Crippen molar-refractivity contribution in [3.05, 3.63) is 12.7 Å². The normalized spacial score (nSPS) is 27.8. The van der Waals surface area contributed by atoms with Gasteiger partial charge in [0.25, 0.3) is 0 Å². The monoisotopic (exact) mass is 294 g/mol. The molecule has 0 amide bonds. The van der Waals surface area contributed by atoms with Gasteiger partial charge in [-0.2, -0.15) is 0 Å². The summed E-state index contributed by atoms with van der Waals surface area (Å²) in [4.78, 5) is 2.52. The summed E-state index contributed by atoms with van der Waals surface area (Å²) in [5, 5.41) is 3.82. The highest BCUT2D eigenvalue weighted by Crippen LogP contribution is 2.39. The smallest absolute Gasteiger partial charge is 0.0356 e. The van der Waals surface area contributed by atoms with Crippen molar-refractivity contribution in [2.75, 3.05) is 20.6 Å². The zero-order valence-corrected chi connectivity index (χ0v) is 15.0. The Labute approximate surface area is 133 Å². The molecule has 2 heteroatoms. The maximum atomic E-state index is 3.82. The van der Waals surface area contributed by atoms with Crippen LogP contribution >= 0.6 is 0 Å². The number of likely N-dealkylation sites (N-methyl/N-ethyl adjacent to an activating group) is 2. The molecule has 21 heavy (non-hydrogen) atoms. The fourth-order valence-corrected chi connectivity index (χ4v) is 3.99. The molecule has 0 aliphatic heterocycles. The number of nitrogens with zero attached hydrogens (tertiary/aromatic N) is 1. The molecule has 0 radical (unpaired) electrons. The van der Waals surface area contributed by atoms with Gasteiger partial charge in [-0.1, -0.05) is 32.8 Å². The second-order valence-corrected chi connectivity index (χ2v) is 7.22. The first-order valence-electron chi connectivity index (χ1n) is 9.08. The highest BCUT2D eigenvalue weighted by Gasteiger charge is 2.42. The van der Waals surface area contributed by atoms with Crippen LogP contribution in [0.25, 0.3) is 0 Å². The molecule has 0 saturated heterocycles. The van der Waals surface area contributed by atoms with Crippen molar-refractivity contribution in [2.24, 2.45) is 5.92 Å². The van der Waals surface area contributed by atoms with Crippen LogP contribution in [0, 0.1) is 5.92 Å². The summed E-state index contributed by atoms with van der Waals surface area (Å²) < 4.78 is 0. The molecule has 124 valence electrons. The number of hydrogen-bond acceptors (Lipinski definition) is 2. The van der Waals surface area contributed by atoms with Crippen LogP contribution in [0.15, 0.2) is 12.7 Å². The van der Waals surface area contributed by atoms with E-state index in [-0.39, 0.29) is 0 Å². The van der Waals surface area contributed by atoms with E-state index in [4.69, 9.17) is 0 Å². The second-order valence-electron chi connectivity index (χ2n) is 7.22. The van der Waals surface area contributed by atoms with E-state index < -0.39 is 0 Å². The first-order valence-corrected chi connectivity index (χ1v) is 9.08. The van der Waals surface area contributed by atoms with Crippen LogP contribution in [0.3, 0.4) is 0 Å². The van der Waals surface area contributed by atoms with Crippen LogP contribution in [-0.2, 0) is 0 Å². The molecule has 1 unspecified atom stereocenters. The van der Waals surface area contributed by atoms with Crippen LogP contribution in [0.5, 0.6) is 0 Å². The van der Waals surface area contributed by atoms with Crippen LogP contribution in [0.1, 0.15) is 71.6 Å².